The fourth-order valence-corrected chi connectivity index (χ4v) is 4.61. The lowest BCUT2D eigenvalue weighted by Gasteiger charge is -2.14. The summed E-state index contributed by atoms with van der Waals surface area (Å²) < 4.78 is 40.0. The summed E-state index contributed by atoms with van der Waals surface area (Å²) in [6, 6.07) is 4.00. The Labute approximate surface area is 183 Å². The van der Waals surface area contributed by atoms with Crippen LogP contribution in [0.5, 0.6) is 0 Å². The highest BCUT2D eigenvalue weighted by atomic mass is 35.5. The number of rotatable bonds is 5. The summed E-state index contributed by atoms with van der Waals surface area (Å²) >= 11 is 7.91. The fraction of sp³-hybridized carbons (Fsp3) is 0.316. The lowest BCUT2D eigenvalue weighted by atomic mass is 9.98. The molecule has 0 spiro atoms. The topological polar surface area (TPSA) is 96.9 Å². The van der Waals surface area contributed by atoms with E-state index >= 15 is 0 Å². The van der Waals surface area contributed by atoms with E-state index in [4.69, 9.17) is 16.6 Å². The van der Waals surface area contributed by atoms with Crippen LogP contribution in [0, 0.1) is 5.82 Å². The van der Waals surface area contributed by atoms with E-state index in [0.717, 1.165) is 17.3 Å². The summed E-state index contributed by atoms with van der Waals surface area (Å²) in [6.45, 7) is 6.05. The summed E-state index contributed by atoms with van der Waals surface area (Å²) in [7, 11) is -1.94. The van der Waals surface area contributed by atoms with Crippen molar-refractivity contribution in [1.82, 2.24) is 15.0 Å². The lowest BCUT2D eigenvalue weighted by Crippen LogP contribution is -2.11. The summed E-state index contributed by atoms with van der Waals surface area (Å²) in [5.74, 6) is -0.218. The van der Waals surface area contributed by atoms with Crippen molar-refractivity contribution in [2.45, 2.75) is 26.2 Å². The van der Waals surface area contributed by atoms with Crippen molar-refractivity contribution in [3.05, 3.63) is 40.2 Å². The summed E-state index contributed by atoms with van der Waals surface area (Å²) in [5, 5.41) is 3.74. The number of benzene rings is 1. The summed E-state index contributed by atoms with van der Waals surface area (Å²) in [5.41, 5.74) is 0.963. The second-order valence-electron chi connectivity index (χ2n) is 7.65. The quantitative estimate of drug-likeness (QED) is 0.558. The van der Waals surface area contributed by atoms with E-state index in [0.29, 0.717) is 22.2 Å². The second-order valence-corrected chi connectivity index (χ2v) is 10.8. The SMILES string of the molecule is CNc1nccc(-c2sc(C(C)(C)C)nc2-c2cc(F)cc(NS(C)(=O)=O)c2Cl)n1. The number of halogens is 2. The largest absolute Gasteiger partial charge is 0.357 e. The number of hydrogen-bond acceptors (Lipinski definition) is 7. The molecule has 2 heterocycles. The van der Waals surface area contributed by atoms with Gasteiger partial charge in [-0.15, -0.1) is 11.3 Å². The van der Waals surface area contributed by atoms with Crippen LogP contribution >= 0.6 is 22.9 Å². The van der Waals surface area contributed by atoms with E-state index in [1.807, 2.05) is 20.8 Å². The minimum Gasteiger partial charge on any atom is -0.357 e. The zero-order valence-corrected chi connectivity index (χ0v) is 19.4. The molecule has 0 saturated carbocycles. The van der Waals surface area contributed by atoms with Crippen molar-refractivity contribution in [2.24, 2.45) is 0 Å². The average Bonchev–Trinajstić information content (AvgIpc) is 3.09. The molecule has 0 aliphatic rings. The molecule has 2 aromatic heterocycles. The van der Waals surface area contributed by atoms with E-state index in [2.05, 4.69) is 20.0 Å². The molecule has 0 aliphatic carbocycles. The Morgan fingerprint density at radius 1 is 1.20 bits per heavy atom. The van der Waals surface area contributed by atoms with Gasteiger partial charge in [-0.3, -0.25) is 4.72 Å². The highest BCUT2D eigenvalue weighted by Crippen LogP contribution is 2.44. The van der Waals surface area contributed by atoms with Gasteiger partial charge in [0, 0.05) is 24.2 Å². The van der Waals surface area contributed by atoms with Gasteiger partial charge >= 0.3 is 0 Å². The van der Waals surface area contributed by atoms with Crippen molar-refractivity contribution in [1.29, 1.82) is 0 Å². The Balaban J connectivity index is 2.29. The van der Waals surface area contributed by atoms with Gasteiger partial charge < -0.3 is 5.32 Å². The van der Waals surface area contributed by atoms with Crippen LogP contribution in [0.2, 0.25) is 5.02 Å². The Morgan fingerprint density at radius 2 is 1.90 bits per heavy atom. The third-order valence-corrected chi connectivity index (χ3v) is 6.47. The van der Waals surface area contributed by atoms with Gasteiger partial charge in [-0.2, -0.15) is 0 Å². The van der Waals surface area contributed by atoms with Crippen LogP contribution < -0.4 is 10.0 Å². The van der Waals surface area contributed by atoms with E-state index in [9.17, 15) is 12.8 Å². The van der Waals surface area contributed by atoms with Crippen LogP contribution in [0.1, 0.15) is 25.8 Å². The molecule has 0 aliphatic heterocycles. The van der Waals surface area contributed by atoms with Gasteiger partial charge in [0.25, 0.3) is 0 Å². The van der Waals surface area contributed by atoms with Crippen LogP contribution in [0.4, 0.5) is 16.0 Å². The van der Waals surface area contributed by atoms with E-state index in [-0.39, 0.29) is 21.7 Å². The number of hydrogen-bond donors (Lipinski definition) is 2. The highest BCUT2D eigenvalue weighted by Gasteiger charge is 2.26. The standard InChI is InChI=1S/C19H21ClFN5O2S2/c1-19(2,3)17-25-15(16(29-17)12-6-7-23-18(22-4)24-12)11-8-10(21)9-13(14(11)20)26-30(5,27)28/h6-9,26H,1-5H3,(H,22,23,24). The molecule has 0 radical (unpaired) electrons. The molecule has 3 rings (SSSR count). The van der Waals surface area contributed by atoms with Crippen molar-refractivity contribution in [3.63, 3.8) is 0 Å². The minimum absolute atomic E-state index is 0.0518. The van der Waals surface area contributed by atoms with Crippen LogP contribution in [-0.4, -0.2) is 36.7 Å². The molecular weight excluding hydrogens is 449 g/mol. The lowest BCUT2D eigenvalue weighted by molar-refractivity contribution is 0.586. The predicted molar refractivity (Wildman–Crippen MR) is 120 cm³/mol. The van der Waals surface area contributed by atoms with Crippen molar-refractivity contribution >= 4 is 44.6 Å². The maximum absolute atomic E-state index is 14.4. The molecule has 7 nitrogen and oxygen atoms in total. The third-order valence-electron chi connectivity index (χ3n) is 3.97. The summed E-state index contributed by atoms with van der Waals surface area (Å²) in [6.07, 6.45) is 2.58. The zero-order chi connectivity index (χ0) is 22.3. The monoisotopic (exact) mass is 469 g/mol. The minimum atomic E-state index is -3.65. The fourth-order valence-electron chi connectivity index (χ4n) is 2.64. The Kier molecular flexibility index (Phi) is 6.03. The van der Waals surface area contributed by atoms with E-state index in [1.54, 1.807) is 19.3 Å². The number of sulfonamides is 1. The Morgan fingerprint density at radius 3 is 2.50 bits per heavy atom. The maximum atomic E-state index is 14.4. The molecule has 0 unspecified atom stereocenters. The maximum Gasteiger partial charge on any atom is 0.229 e. The van der Waals surface area contributed by atoms with Crippen LogP contribution in [0.15, 0.2) is 24.4 Å². The first-order chi connectivity index (χ1) is 13.9. The first kappa shape index (κ1) is 22.4. The van der Waals surface area contributed by atoms with Gasteiger partial charge in [-0.1, -0.05) is 32.4 Å². The molecule has 1 aromatic carbocycles. The van der Waals surface area contributed by atoms with Gasteiger partial charge in [0.2, 0.25) is 16.0 Å². The van der Waals surface area contributed by atoms with Gasteiger partial charge in [0.1, 0.15) is 5.82 Å². The van der Waals surface area contributed by atoms with Crippen LogP contribution in [-0.2, 0) is 15.4 Å². The predicted octanol–water partition coefficient (Wildman–Crippen LogP) is 4.77. The molecule has 160 valence electrons. The molecule has 2 N–H and O–H groups in total. The molecule has 0 amide bonds. The van der Waals surface area contributed by atoms with Gasteiger partial charge in [-0.25, -0.2) is 27.8 Å². The number of nitrogens with one attached hydrogen (secondary N) is 2. The molecule has 30 heavy (non-hydrogen) atoms. The molecule has 0 fully saturated rings. The molecule has 0 bridgehead atoms. The summed E-state index contributed by atoms with van der Waals surface area (Å²) in [4.78, 5) is 14.0. The number of thiazole rings is 1. The van der Waals surface area contributed by atoms with Crippen molar-refractivity contribution in [3.8, 4) is 21.8 Å². The van der Waals surface area contributed by atoms with Crippen molar-refractivity contribution < 1.29 is 12.8 Å². The molecule has 11 heteroatoms. The highest BCUT2D eigenvalue weighted by molar-refractivity contribution is 7.92. The number of aromatic nitrogens is 3. The van der Waals surface area contributed by atoms with Gasteiger partial charge in [-0.05, 0) is 18.2 Å². The smallest absolute Gasteiger partial charge is 0.229 e. The molecule has 0 saturated heterocycles. The van der Waals surface area contributed by atoms with Crippen LogP contribution in [0.3, 0.4) is 0 Å². The first-order valence-electron chi connectivity index (χ1n) is 8.88. The van der Waals surface area contributed by atoms with Crippen molar-refractivity contribution in [2.75, 3.05) is 23.3 Å². The number of nitrogens with zero attached hydrogens (tertiary/aromatic N) is 3. The molecule has 3 aromatic rings. The van der Waals surface area contributed by atoms with E-state index < -0.39 is 15.8 Å². The Hall–Kier alpha value is -2.30. The normalized spacial score (nSPS) is 12.1. The van der Waals surface area contributed by atoms with Gasteiger partial charge in [0.05, 0.1) is 38.2 Å². The average molecular weight is 470 g/mol. The van der Waals surface area contributed by atoms with Gasteiger partial charge in [0.15, 0.2) is 0 Å². The third kappa shape index (κ3) is 4.88. The Bertz CT molecular complexity index is 1210. The molecular formula is C19H21ClFN5O2S2. The van der Waals surface area contributed by atoms with E-state index in [1.165, 1.54) is 17.4 Å². The number of anilines is 2. The second kappa shape index (κ2) is 8.09. The zero-order valence-electron chi connectivity index (χ0n) is 17.0. The van der Waals surface area contributed by atoms with Crippen LogP contribution in [0.25, 0.3) is 21.8 Å². The molecule has 0 atom stereocenters. The first-order valence-corrected chi connectivity index (χ1v) is 12.0.